The number of benzene rings is 1. The molecule has 1 aromatic heterocycles. The summed E-state index contributed by atoms with van der Waals surface area (Å²) >= 11 is 0. The molecule has 1 aliphatic rings. The van der Waals surface area contributed by atoms with Crippen LogP contribution in [0.1, 0.15) is 38.1 Å². The summed E-state index contributed by atoms with van der Waals surface area (Å²) in [5.74, 6) is 1.72. The lowest BCUT2D eigenvalue weighted by molar-refractivity contribution is 0.134. The maximum Gasteiger partial charge on any atom is 0.191 e. The Hall–Kier alpha value is -1.68. The molecule has 154 valence electrons. The molecular formula is C20H32IN7. The second-order valence-electron chi connectivity index (χ2n) is 7.22. The van der Waals surface area contributed by atoms with Crippen LogP contribution in [0.15, 0.2) is 41.7 Å². The third kappa shape index (κ3) is 6.44. The summed E-state index contributed by atoms with van der Waals surface area (Å²) in [6.45, 7) is 7.89. The molecule has 28 heavy (non-hydrogen) atoms. The predicted octanol–water partition coefficient (Wildman–Crippen LogP) is 2.54. The Kier molecular flexibility index (Phi) is 9.17. The monoisotopic (exact) mass is 497 g/mol. The Labute approximate surface area is 185 Å². The summed E-state index contributed by atoms with van der Waals surface area (Å²) < 4.78 is 1.90. The quantitative estimate of drug-likeness (QED) is 0.365. The number of aryl methyl sites for hydroxylation is 1. The first-order valence-corrected chi connectivity index (χ1v) is 9.81. The van der Waals surface area contributed by atoms with E-state index in [1.165, 1.54) is 5.56 Å². The Morgan fingerprint density at radius 3 is 2.71 bits per heavy atom. The van der Waals surface area contributed by atoms with Gasteiger partial charge in [0.05, 0.1) is 0 Å². The van der Waals surface area contributed by atoms with E-state index in [1.54, 1.807) is 6.33 Å². The Balaban J connectivity index is 0.00000280. The Bertz CT molecular complexity index is 731. The van der Waals surface area contributed by atoms with Crippen LogP contribution in [0, 0.1) is 0 Å². The van der Waals surface area contributed by atoms with Crippen molar-refractivity contribution in [3.05, 3.63) is 48.0 Å². The van der Waals surface area contributed by atoms with Gasteiger partial charge >= 0.3 is 0 Å². The molecule has 0 aliphatic carbocycles. The first-order valence-electron chi connectivity index (χ1n) is 9.81. The largest absolute Gasteiger partial charge is 0.357 e. The predicted molar refractivity (Wildman–Crippen MR) is 124 cm³/mol. The molecule has 1 aromatic carbocycles. The van der Waals surface area contributed by atoms with Gasteiger partial charge < -0.3 is 15.2 Å². The standard InChI is InChI=1S/C20H31N7.HI/c1-4-21-20(22-13-19-25-23-15-26(19)3)24-18-10-11-27(16(2)12-18)14-17-8-6-5-7-9-17;/h5-9,15-16,18H,4,10-14H2,1-3H3,(H2,21,22,24);1H. The van der Waals surface area contributed by atoms with E-state index in [2.05, 4.69) is 74.9 Å². The second-order valence-corrected chi connectivity index (χ2v) is 7.22. The maximum absolute atomic E-state index is 4.68. The van der Waals surface area contributed by atoms with Gasteiger partial charge in [0.25, 0.3) is 0 Å². The highest BCUT2D eigenvalue weighted by Crippen LogP contribution is 2.19. The average Bonchev–Trinajstić information content (AvgIpc) is 3.08. The molecule has 0 amide bonds. The summed E-state index contributed by atoms with van der Waals surface area (Å²) in [4.78, 5) is 7.25. The maximum atomic E-state index is 4.68. The Morgan fingerprint density at radius 1 is 1.29 bits per heavy atom. The SMILES string of the molecule is CCNC(=NCc1nncn1C)NC1CCN(Cc2ccccc2)C(C)C1.I. The fraction of sp³-hybridized carbons (Fsp3) is 0.550. The number of aromatic nitrogens is 3. The van der Waals surface area contributed by atoms with Gasteiger partial charge in [0.15, 0.2) is 11.8 Å². The summed E-state index contributed by atoms with van der Waals surface area (Å²) in [6, 6.07) is 11.7. The number of aliphatic imine (C=N–C) groups is 1. The molecule has 1 saturated heterocycles. The van der Waals surface area contributed by atoms with Crippen LogP contribution in [0.3, 0.4) is 0 Å². The summed E-state index contributed by atoms with van der Waals surface area (Å²) in [5.41, 5.74) is 1.38. The first kappa shape index (κ1) is 22.6. The van der Waals surface area contributed by atoms with Crippen molar-refractivity contribution in [2.45, 2.75) is 51.9 Å². The number of piperidine rings is 1. The fourth-order valence-corrected chi connectivity index (χ4v) is 3.52. The zero-order valence-electron chi connectivity index (χ0n) is 17.0. The molecule has 7 nitrogen and oxygen atoms in total. The van der Waals surface area contributed by atoms with E-state index in [-0.39, 0.29) is 24.0 Å². The van der Waals surface area contributed by atoms with Crippen molar-refractivity contribution in [1.29, 1.82) is 0 Å². The van der Waals surface area contributed by atoms with Gasteiger partial charge in [-0.15, -0.1) is 34.2 Å². The van der Waals surface area contributed by atoms with E-state index in [9.17, 15) is 0 Å². The van der Waals surface area contributed by atoms with Gasteiger partial charge in [-0.3, -0.25) is 4.90 Å². The number of guanidine groups is 1. The molecule has 2 atom stereocenters. The van der Waals surface area contributed by atoms with E-state index < -0.39 is 0 Å². The third-order valence-electron chi connectivity index (χ3n) is 5.11. The minimum Gasteiger partial charge on any atom is -0.357 e. The highest BCUT2D eigenvalue weighted by molar-refractivity contribution is 14.0. The molecule has 2 aromatic rings. The van der Waals surface area contributed by atoms with Gasteiger partial charge in [0.2, 0.25) is 0 Å². The van der Waals surface area contributed by atoms with Crippen molar-refractivity contribution in [3.63, 3.8) is 0 Å². The molecule has 2 N–H and O–H groups in total. The molecule has 0 radical (unpaired) electrons. The lowest BCUT2D eigenvalue weighted by Crippen LogP contribution is -2.51. The van der Waals surface area contributed by atoms with Crippen LogP contribution in [0.4, 0.5) is 0 Å². The normalized spacial score (nSPS) is 20.5. The molecule has 8 heteroatoms. The van der Waals surface area contributed by atoms with Crippen molar-refractivity contribution in [2.24, 2.45) is 12.0 Å². The van der Waals surface area contributed by atoms with E-state index in [4.69, 9.17) is 0 Å². The Morgan fingerprint density at radius 2 is 2.07 bits per heavy atom. The average molecular weight is 497 g/mol. The van der Waals surface area contributed by atoms with Crippen molar-refractivity contribution in [1.82, 2.24) is 30.3 Å². The molecule has 1 fully saturated rings. The fourth-order valence-electron chi connectivity index (χ4n) is 3.52. The number of nitrogens with one attached hydrogen (secondary N) is 2. The van der Waals surface area contributed by atoms with Crippen molar-refractivity contribution in [2.75, 3.05) is 13.1 Å². The number of halogens is 1. The first-order chi connectivity index (χ1) is 13.2. The highest BCUT2D eigenvalue weighted by Gasteiger charge is 2.26. The topological polar surface area (TPSA) is 70.4 Å². The molecule has 0 saturated carbocycles. The zero-order valence-corrected chi connectivity index (χ0v) is 19.3. The minimum absolute atomic E-state index is 0. The number of nitrogens with zero attached hydrogens (tertiary/aromatic N) is 5. The van der Waals surface area contributed by atoms with E-state index in [0.717, 1.165) is 44.3 Å². The minimum atomic E-state index is 0. The molecule has 3 rings (SSSR count). The summed E-state index contributed by atoms with van der Waals surface area (Å²) in [5, 5.41) is 15.0. The zero-order chi connectivity index (χ0) is 19.1. The molecule has 2 unspecified atom stereocenters. The van der Waals surface area contributed by atoms with Gasteiger partial charge in [0.1, 0.15) is 12.9 Å². The van der Waals surface area contributed by atoms with E-state index in [0.29, 0.717) is 18.6 Å². The van der Waals surface area contributed by atoms with Crippen LogP contribution in [0.5, 0.6) is 0 Å². The third-order valence-corrected chi connectivity index (χ3v) is 5.11. The van der Waals surface area contributed by atoms with Crippen LogP contribution >= 0.6 is 24.0 Å². The van der Waals surface area contributed by atoms with Crippen molar-refractivity contribution >= 4 is 29.9 Å². The van der Waals surface area contributed by atoms with Crippen molar-refractivity contribution in [3.8, 4) is 0 Å². The number of hydrogen-bond donors (Lipinski definition) is 2. The van der Waals surface area contributed by atoms with E-state index in [1.807, 2.05) is 11.6 Å². The van der Waals surface area contributed by atoms with E-state index >= 15 is 0 Å². The van der Waals surface area contributed by atoms with Crippen molar-refractivity contribution < 1.29 is 0 Å². The van der Waals surface area contributed by atoms with Gasteiger partial charge in [-0.2, -0.15) is 0 Å². The lowest BCUT2D eigenvalue weighted by atomic mass is 9.97. The van der Waals surface area contributed by atoms with Gasteiger partial charge in [-0.1, -0.05) is 30.3 Å². The highest BCUT2D eigenvalue weighted by atomic mass is 127. The lowest BCUT2D eigenvalue weighted by Gasteiger charge is -2.38. The number of hydrogen-bond acceptors (Lipinski definition) is 4. The van der Waals surface area contributed by atoms with Crippen LogP contribution in [-0.4, -0.2) is 50.8 Å². The van der Waals surface area contributed by atoms with Crippen LogP contribution < -0.4 is 10.6 Å². The molecule has 0 bridgehead atoms. The van der Waals surface area contributed by atoms with Gasteiger partial charge in [-0.05, 0) is 32.3 Å². The molecule has 2 heterocycles. The summed E-state index contributed by atoms with van der Waals surface area (Å²) in [7, 11) is 1.94. The number of likely N-dealkylation sites (tertiary alicyclic amines) is 1. The molecule has 1 aliphatic heterocycles. The van der Waals surface area contributed by atoms with Crippen LogP contribution in [0.25, 0.3) is 0 Å². The van der Waals surface area contributed by atoms with Gasteiger partial charge in [0, 0.05) is 38.8 Å². The smallest absolute Gasteiger partial charge is 0.191 e. The molecular weight excluding hydrogens is 465 g/mol. The van der Waals surface area contributed by atoms with Crippen LogP contribution in [0.2, 0.25) is 0 Å². The second kappa shape index (κ2) is 11.4. The van der Waals surface area contributed by atoms with Gasteiger partial charge in [-0.25, -0.2) is 4.99 Å². The van der Waals surface area contributed by atoms with Crippen LogP contribution in [-0.2, 0) is 20.1 Å². The number of rotatable bonds is 6. The molecule has 0 spiro atoms. The summed E-state index contributed by atoms with van der Waals surface area (Å²) in [6.07, 6.45) is 3.93.